The van der Waals surface area contributed by atoms with Crippen molar-refractivity contribution in [2.24, 2.45) is 0 Å². The van der Waals surface area contributed by atoms with E-state index in [0.29, 0.717) is 0 Å². The zero-order valence-corrected chi connectivity index (χ0v) is 7.29. The van der Waals surface area contributed by atoms with Gasteiger partial charge in [-0.25, -0.2) is 9.78 Å². The lowest BCUT2D eigenvalue weighted by Crippen LogP contribution is -2.44. The first kappa shape index (κ1) is 8.25. The van der Waals surface area contributed by atoms with Gasteiger partial charge in [0.05, 0.1) is 0 Å². The molecule has 0 saturated carbocycles. The summed E-state index contributed by atoms with van der Waals surface area (Å²) in [4.78, 5) is 19.4. The lowest BCUT2D eigenvalue weighted by Gasteiger charge is -2.28. The summed E-state index contributed by atoms with van der Waals surface area (Å²) < 4.78 is 0. The highest BCUT2D eigenvalue weighted by atomic mass is 16.1. The summed E-state index contributed by atoms with van der Waals surface area (Å²) in [6.07, 6.45) is 1.54. The topological polar surface area (TPSA) is 61.0 Å². The maximum atomic E-state index is 10.9. The summed E-state index contributed by atoms with van der Waals surface area (Å²) in [5, 5.41) is 3.25. The maximum absolute atomic E-state index is 10.9. The smallest absolute Gasteiger partial charge is 0.346 e. The van der Waals surface area contributed by atoms with E-state index in [1.165, 1.54) is 6.20 Å². The first-order valence-electron chi connectivity index (χ1n) is 4.37. The van der Waals surface area contributed by atoms with E-state index in [-0.39, 0.29) is 5.69 Å². The van der Waals surface area contributed by atoms with Gasteiger partial charge in [-0.2, -0.15) is 0 Å². The molecular weight excluding hydrogens is 168 g/mol. The first-order chi connectivity index (χ1) is 6.36. The molecule has 0 radical (unpaired) electrons. The van der Waals surface area contributed by atoms with Crippen molar-refractivity contribution < 1.29 is 0 Å². The summed E-state index contributed by atoms with van der Waals surface area (Å²) >= 11 is 0. The number of hydrogen-bond donors (Lipinski definition) is 2. The van der Waals surface area contributed by atoms with Crippen molar-refractivity contribution >= 4 is 5.82 Å². The van der Waals surface area contributed by atoms with Crippen molar-refractivity contribution in [1.82, 2.24) is 15.3 Å². The molecule has 0 amide bonds. The molecule has 0 spiro atoms. The Balaban J connectivity index is 2.19. The molecule has 5 nitrogen and oxygen atoms in total. The summed E-state index contributed by atoms with van der Waals surface area (Å²) in [7, 11) is 0. The lowest BCUT2D eigenvalue weighted by molar-refractivity contribution is 0.584. The number of hydrogen-bond acceptors (Lipinski definition) is 4. The van der Waals surface area contributed by atoms with Crippen molar-refractivity contribution in [2.75, 3.05) is 31.1 Å². The minimum atomic E-state index is -0.281. The number of aromatic nitrogens is 2. The van der Waals surface area contributed by atoms with E-state index in [9.17, 15) is 4.79 Å². The van der Waals surface area contributed by atoms with Crippen molar-refractivity contribution in [3.63, 3.8) is 0 Å². The highest BCUT2D eigenvalue weighted by molar-refractivity contribution is 5.36. The highest BCUT2D eigenvalue weighted by Crippen LogP contribution is 2.06. The summed E-state index contributed by atoms with van der Waals surface area (Å²) in [6.45, 7) is 3.79. The molecule has 13 heavy (non-hydrogen) atoms. The molecule has 2 N–H and O–H groups in total. The van der Waals surface area contributed by atoms with Gasteiger partial charge in [0.1, 0.15) is 5.82 Å². The standard InChI is InChI=1S/C8H12N4O/c13-8-10-2-1-7(11-8)12-5-3-9-4-6-12/h1-2,9H,3-6H2,(H,10,11,13). The van der Waals surface area contributed by atoms with Crippen molar-refractivity contribution in [2.45, 2.75) is 0 Å². The Labute approximate surface area is 75.8 Å². The third-order valence-electron chi connectivity index (χ3n) is 2.12. The van der Waals surface area contributed by atoms with E-state index >= 15 is 0 Å². The van der Waals surface area contributed by atoms with E-state index in [4.69, 9.17) is 0 Å². The van der Waals surface area contributed by atoms with Crippen LogP contribution in [0.3, 0.4) is 0 Å². The average Bonchev–Trinajstić information content (AvgIpc) is 2.19. The van der Waals surface area contributed by atoms with Crippen LogP contribution in [0.4, 0.5) is 5.82 Å². The minimum absolute atomic E-state index is 0.281. The van der Waals surface area contributed by atoms with Crippen LogP contribution in [0.5, 0.6) is 0 Å². The predicted molar refractivity (Wildman–Crippen MR) is 49.9 cm³/mol. The van der Waals surface area contributed by atoms with Gasteiger partial charge in [-0.3, -0.25) is 4.98 Å². The monoisotopic (exact) mass is 180 g/mol. The number of nitrogens with zero attached hydrogens (tertiary/aromatic N) is 2. The zero-order valence-electron chi connectivity index (χ0n) is 7.29. The second-order valence-electron chi connectivity index (χ2n) is 3.00. The largest absolute Gasteiger partial charge is 0.355 e. The van der Waals surface area contributed by atoms with Crippen LogP contribution >= 0.6 is 0 Å². The van der Waals surface area contributed by atoms with Crippen molar-refractivity contribution in [1.29, 1.82) is 0 Å². The van der Waals surface area contributed by atoms with Crippen LogP contribution in [0.1, 0.15) is 0 Å². The second kappa shape index (κ2) is 3.57. The van der Waals surface area contributed by atoms with E-state index in [2.05, 4.69) is 20.2 Å². The predicted octanol–water partition coefficient (Wildman–Crippen LogP) is -0.820. The molecule has 1 aliphatic heterocycles. The number of nitrogens with one attached hydrogen (secondary N) is 2. The Morgan fingerprint density at radius 3 is 2.85 bits per heavy atom. The molecule has 1 aromatic heterocycles. The highest BCUT2D eigenvalue weighted by Gasteiger charge is 2.10. The van der Waals surface area contributed by atoms with E-state index < -0.39 is 0 Å². The van der Waals surface area contributed by atoms with Gasteiger partial charge in [-0.1, -0.05) is 0 Å². The molecular formula is C8H12N4O. The fourth-order valence-corrected chi connectivity index (χ4v) is 1.45. The first-order valence-corrected chi connectivity index (χ1v) is 4.37. The van der Waals surface area contributed by atoms with Crippen LogP contribution in [0.25, 0.3) is 0 Å². The molecule has 0 aromatic carbocycles. The maximum Gasteiger partial charge on any atom is 0.346 e. The molecule has 1 saturated heterocycles. The Morgan fingerprint density at radius 2 is 2.15 bits per heavy atom. The van der Waals surface area contributed by atoms with Gasteiger partial charge in [-0.05, 0) is 6.07 Å². The number of rotatable bonds is 1. The van der Waals surface area contributed by atoms with Gasteiger partial charge in [0.2, 0.25) is 0 Å². The quantitative estimate of drug-likeness (QED) is 0.592. The second-order valence-corrected chi connectivity index (χ2v) is 3.00. The number of anilines is 1. The van der Waals surface area contributed by atoms with Gasteiger partial charge < -0.3 is 10.2 Å². The van der Waals surface area contributed by atoms with Crippen LogP contribution in [0.15, 0.2) is 17.1 Å². The number of H-pyrrole nitrogens is 1. The van der Waals surface area contributed by atoms with Gasteiger partial charge in [-0.15, -0.1) is 0 Å². The van der Waals surface area contributed by atoms with E-state index in [0.717, 1.165) is 32.0 Å². The van der Waals surface area contributed by atoms with Crippen molar-refractivity contribution in [3.8, 4) is 0 Å². The number of piperazine rings is 1. The Hall–Kier alpha value is -1.36. The Kier molecular flexibility index (Phi) is 2.27. The molecule has 1 aliphatic rings. The summed E-state index contributed by atoms with van der Waals surface area (Å²) in [6, 6.07) is 1.83. The third kappa shape index (κ3) is 1.86. The fraction of sp³-hybridized carbons (Fsp3) is 0.500. The minimum Gasteiger partial charge on any atom is -0.355 e. The van der Waals surface area contributed by atoms with Gasteiger partial charge in [0.15, 0.2) is 0 Å². The van der Waals surface area contributed by atoms with Crippen LogP contribution in [0.2, 0.25) is 0 Å². The van der Waals surface area contributed by atoms with Crippen LogP contribution in [0, 0.1) is 0 Å². The van der Waals surface area contributed by atoms with Gasteiger partial charge in [0, 0.05) is 32.4 Å². The lowest BCUT2D eigenvalue weighted by atomic mass is 10.3. The molecule has 1 aromatic rings. The molecule has 0 bridgehead atoms. The molecule has 0 aliphatic carbocycles. The SMILES string of the molecule is O=c1nccc(N2CCNCC2)[nH]1. The average molecular weight is 180 g/mol. The summed E-state index contributed by atoms with van der Waals surface area (Å²) in [5.74, 6) is 0.862. The fourth-order valence-electron chi connectivity index (χ4n) is 1.45. The molecule has 2 rings (SSSR count). The van der Waals surface area contributed by atoms with Gasteiger partial charge >= 0.3 is 5.69 Å². The zero-order chi connectivity index (χ0) is 9.10. The van der Waals surface area contributed by atoms with Crippen LogP contribution < -0.4 is 15.9 Å². The molecule has 0 unspecified atom stereocenters. The summed E-state index contributed by atoms with van der Waals surface area (Å²) in [5.41, 5.74) is -0.281. The van der Waals surface area contributed by atoms with E-state index in [1.54, 1.807) is 0 Å². The number of aromatic amines is 1. The van der Waals surface area contributed by atoms with Crippen LogP contribution in [-0.4, -0.2) is 36.1 Å². The molecule has 5 heteroatoms. The molecule has 1 fully saturated rings. The van der Waals surface area contributed by atoms with Crippen LogP contribution in [-0.2, 0) is 0 Å². The normalized spacial score (nSPS) is 17.4. The van der Waals surface area contributed by atoms with E-state index in [1.807, 2.05) is 6.07 Å². The Bertz CT molecular complexity index is 329. The van der Waals surface area contributed by atoms with Crippen molar-refractivity contribution in [3.05, 3.63) is 22.7 Å². The third-order valence-corrected chi connectivity index (χ3v) is 2.12. The molecule has 70 valence electrons. The van der Waals surface area contributed by atoms with Gasteiger partial charge in [0.25, 0.3) is 0 Å². The molecule has 0 atom stereocenters. The Morgan fingerprint density at radius 1 is 1.38 bits per heavy atom. The molecule has 2 heterocycles.